The van der Waals surface area contributed by atoms with Crippen LogP contribution in [0, 0.1) is 12.8 Å². The highest BCUT2D eigenvalue weighted by molar-refractivity contribution is 7.89. The standard InChI is InChI=1S/C30H40N2O6S/c1-22-7-5-6-10-29(22)39(35,36)32-19-25(33)20-37-21-28-27(32)12-11-26(38-28)18-30(34)31-15-13-24(14-16-31)17-23-8-3-2-4-9-23/h2-10,24-28,33H,11-21H2,1H3/t25-,26+,27+,28-/m0/s1. The second-order valence-electron chi connectivity index (χ2n) is 11.2. The zero-order valence-corrected chi connectivity index (χ0v) is 23.5. The molecule has 0 saturated carbocycles. The van der Waals surface area contributed by atoms with E-state index in [9.17, 15) is 18.3 Å². The second-order valence-corrected chi connectivity index (χ2v) is 13.0. The van der Waals surface area contributed by atoms with Gasteiger partial charge in [0.05, 0.1) is 48.9 Å². The van der Waals surface area contributed by atoms with E-state index in [1.165, 1.54) is 9.87 Å². The summed E-state index contributed by atoms with van der Waals surface area (Å²) in [5, 5.41) is 10.4. The van der Waals surface area contributed by atoms with Crippen molar-refractivity contribution in [1.29, 1.82) is 0 Å². The number of hydrogen-bond acceptors (Lipinski definition) is 6. The number of amides is 1. The van der Waals surface area contributed by atoms with Crippen LogP contribution in [-0.2, 0) is 30.7 Å². The van der Waals surface area contributed by atoms with Crippen LogP contribution in [0.3, 0.4) is 0 Å². The van der Waals surface area contributed by atoms with Crippen molar-refractivity contribution >= 4 is 15.9 Å². The molecule has 0 bridgehead atoms. The molecule has 1 N–H and O–H groups in total. The highest BCUT2D eigenvalue weighted by atomic mass is 32.2. The van der Waals surface area contributed by atoms with Crippen molar-refractivity contribution in [2.75, 3.05) is 32.8 Å². The number of aliphatic hydroxyl groups is 1. The van der Waals surface area contributed by atoms with Crippen LogP contribution in [0.25, 0.3) is 0 Å². The molecule has 3 fully saturated rings. The first-order valence-corrected chi connectivity index (χ1v) is 15.6. The highest BCUT2D eigenvalue weighted by Gasteiger charge is 2.43. The van der Waals surface area contributed by atoms with Crippen LogP contribution < -0.4 is 0 Å². The van der Waals surface area contributed by atoms with E-state index in [2.05, 4.69) is 24.3 Å². The monoisotopic (exact) mass is 556 g/mol. The molecular formula is C30H40N2O6S. The van der Waals surface area contributed by atoms with Crippen LogP contribution in [0.5, 0.6) is 0 Å². The maximum Gasteiger partial charge on any atom is 0.243 e. The van der Waals surface area contributed by atoms with E-state index in [0.29, 0.717) is 30.7 Å². The van der Waals surface area contributed by atoms with Crippen molar-refractivity contribution in [3.63, 3.8) is 0 Å². The summed E-state index contributed by atoms with van der Waals surface area (Å²) in [4.78, 5) is 15.4. The van der Waals surface area contributed by atoms with Gasteiger partial charge in [0.15, 0.2) is 0 Å². The first-order valence-electron chi connectivity index (χ1n) is 14.1. The minimum absolute atomic E-state index is 0.0356. The molecule has 2 aromatic rings. The molecule has 8 nitrogen and oxygen atoms in total. The van der Waals surface area contributed by atoms with Crippen molar-refractivity contribution < 1.29 is 27.8 Å². The fourth-order valence-electron chi connectivity index (χ4n) is 6.20. The first-order chi connectivity index (χ1) is 18.8. The average Bonchev–Trinajstić information content (AvgIpc) is 2.92. The van der Waals surface area contributed by atoms with Gasteiger partial charge < -0.3 is 19.5 Å². The van der Waals surface area contributed by atoms with Crippen molar-refractivity contribution in [2.45, 2.75) is 74.7 Å². The zero-order valence-electron chi connectivity index (χ0n) is 22.7. The van der Waals surface area contributed by atoms with Crippen molar-refractivity contribution in [2.24, 2.45) is 5.92 Å². The normalized spacial score (nSPS) is 27.4. The zero-order chi connectivity index (χ0) is 27.4. The molecule has 39 heavy (non-hydrogen) atoms. The third kappa shape index (κ3) is 6.72. The van der Waals surface area contributed by atoms with Crippen LogP contribution in [0.2, 0.25) is 0 Å². The topological polar surface area (TPSA) is 96.4 Å². The molecule has 9 heteroatoms. The Balaban J connectivity index is 1.20. The van der Waals surface area contributed by atoms with Gasteiger partial charge in [0.1, 0.15) is 0 Å². The van der Waals surface area contributed by atoms with E-state index in [4.69, 9.17) is 9.47 Å². The summed E-state index contributed by atoms with van der Waals surface area (Å²) in [5.74, 6) is 0.690. The molecule has 3 heterocycles. The number of aryl methyl sites for hydroxylation is 1. The summed E-state index contributed by atoms with van der Waals surface area (Å²) in [6, 6.07) is 16.9. The molecule has 3 saturated heterocycles. The number of rotatable bonds is 6. The molecular weight excluding hydrogens is 516 g/mol. The minimum atomic E-state index is -3.86. The fraction of sp³-hybridized carbons (Fsp3) is 0.567. The van der Waals surface area contributed by atoms with E-state index < -0.39 is 28.3 Å². The third-order valence-corrected chi connectivity index (χ3v) is 10.4. The number of carbonyl (C=O) groups excluding carboxylic acids is 1. The largest absolute Gasteiger partial charge is 0.389 e. The summed E-state index contributed by atoms with van der Waals surface area (Å²) in [7, 11) is -3.86. The number of hydrogen-bond donors (Lipinski definition) is 1. The molecule has 3 aliphatic rings. The first kappa shape index (κ1) is 28.2. The van der Waals surface area contributed by atoms with Gasteiger partial charge in [-0.15, -0.1) is 0 Å². The van der Waals surface area contributed by atoms with Crippen molar-refractivity contribution in [1.82, 2.24) is 9.21 Å². The van der Waals surface area contributed by atoms with Crippen LogP contribution in [-0.4, -0.2) is 85.8 Å². The number of nitrogens with zero attached hydrogens (tertiary/aromatic N) is 2. The quantitative estimate of drug-likeness (QED) is 0.587. The van der Waals surface area contributed by atoms with Gasteiger partial charge in [-0.2, -0.15) is 4.31 Å². The maximum atomic E-state index is 13.7. The van der Waals surface area contributed by atoms with Gasteiger partial charge >= 0.3 is 0 Å². The number of benzene rings is 2. The summed E-state index contributed by atoms with van der Waals surface area (Å²) in [5.41, 5.74) is 2.01. The summed E-state index contributed by atoms with van der Waals surface area (Å²) in [6.07, 6.45) is 2.76. The molecule has 0 spiro atoms. The Hall–Kier alpha value is -2.30. The van der Waals surface area contributed by atoms with E-state index in [1.807, 2.05) is 17.0 Å². The smallest absolute Gasteiger partial charge is 0.243 e. The summed E-state index contributed by atoms with van der Waals surface area (Å²) >= 11 is 0. The Morgan fingerprint density at radius 3 is 2.44 bits per heavy atom. The lowest BCUT2D eigenvalue weighted by Gasteiger charge is -2.44. The lowest BCUT2D eigenvalue weighted by atomic mass is 9.90. The van der Waals surface area contributed by atoms with Gasteiger partial charge in [-0.05, 0) is 62.1 Å². The number of β-amino-alcohol motifs (C(OH)–C–C–N with tert-alkyl or cyclic N) is 1. The van der Waals surface area contributed by atoms with E-state index in [-0.39, 0.29) is 36.7 Å². The highest BCUT2D eigenvalue weighted by Crippen LogP contribution is 2.33. The van der Waals surface area contributed by atoms with Crippen molar-refractivity contribution in [3.05, 3.63) is 65.7 Å². The van der Waals surface area contributed by atoms with Crippen molar-refractivity contribution in [3.8, 4) is 0 Å². The Kier molecular flexibility index (Phi) is 9.03. The van der Waals surface area contributed by atoms with E-state index in [0.717, 1.165) is 32.4 Å². The third-order valence-electron chi connectivity index (χ3n) is 8.35. The van der Waals surface area contributed by atoms with Crippen LogP contribution in [0.4, 0.5) is 0 Å². The van der Waals surface area contributed by atoms with Gasteiger partial charge in [0.25, 0.3) is 0 Å². The lowest BCUT2D eigenvalue weighted by molar-refractivity contribution is -0.152. The summed E-state index contributed by atoms with van der Waals surface area (Å²) in [6.45, 7) is 3.46. The summed E-state index contributed by atoms with van der Waals surface area (Å²) < 4.78 is 40.9. The molecule has 1 amide bonds. The molecule has 0 radical (unpaired) electrons. The van der Waals surface area contributed by atoms with E-state index in [1.54, 1.807) is 25.1 Å². The van der Waals surface area contributed by atoms with Gasteiger partial charge in [0.2, 0.25) is 15.9 Å². The minimum Gasteiger partial charge on any atom is -0.389 e. The molecule has 212 valence electrons. The number of sulfonamides is 1. The molecule has 4 atom stereocenters. The Labute approximate surface area is 232 Å². The average molecular weight is 557 g/mol. The predicted molar refractivity (Wildman–Crippen MR) is 148 cm³/mol. The Bertz CT molecular complexity index is 1210. The van der Waals surface area contributed by atoms with Gasteiger partial charge in [-0.1, -0.05) is 48.5 Å². The number of ether oxygens (including phenoxy) is 2. The van der Waals surface area contributed by atoms with Crippen LogP contribution in [0.15, 0.2) is 59.5 Å². The lowest BCUT2D eigenvalue weighted by Crippen LogP contribution is -2.57. The number of aliphatic hydroxyl groups excluding tert-OH is 1. The predicted octanol–water partition coefficient (Wildman–Crippen LogP) is 3.16. The van der Waals surface area contributed by atoms with Gasteiger partial charge in [-0.3, -0.25) is 4.79 Å². The SMILES string of the molecule is Cc1ccccc1S(=O)(=O)N1C[C@H](O)COC[C@@H]2O[C@@H](CC(=O)N3CCC(Cc4ccccc4)CC3)CC[C@H]21. The molecule has 0 unspecified atom stereocenters. The fourth-order valence-corrected chi connectivity index (χ4v) is 8.14. The molecule has 0 aromatic heterocycles. The van der Waals surface area contributed by atoms with Gasteiger partial charge in [0, 0.05) is 19.6 Å². The molecule has 5 rings (SSSR count). The number of fused-ring (bicyclic) bond motifs is 1. The molecule has 2 aromatic carbocycles. The number of piperidine rings is 1. The van der Waals surface area contributed by atoms with Gasteiger partial charge in [-0.25, -0.2) is 8.42 Å². The van der Waals surface area contributed by atoms with Crippen LogP contribution in [0.1, 0.15) is 43.2 Å². The number of carbonyl (C=O) groups is 1. The Morgan fingerprint density at radius 1 is 0.974 bits per heavy atom. The van der Waals surface area contributed by atoms with E-state index >= 15 is 0 Å². The maximum absolute atomic E-state index is 13.7. The Morgan fingerprint density at radius 2 is 1.69 bits per heavy atom. The van der Waals surface area contributed by atoms with Crippen LogP contribution >= 0.6 is 0 Å². The second kappa shape index (κ2) is 12.5. The molecule has 0 aliphatic carbocycles. The molecule has 3 aliphatic heterocycles. The number of likely N-dealkylation sites (tertiary alicyclic amines) is 1.